The Bertz CT molecular complexity index is 443. The fourth-order valence-electron chi connectivity index (χ4n) is 2.95. The van der Waals surface area contributed by atoms with Crippen LogP contribution in [0, 0.1) is 5.41 Å². The summed E-state index contributed by atoms with van der Waals surface area (Å²) in [5.41, 5.74) is -0.882. The molecule has 2 N–H and O–H groups in total. The smallest absolute Gasteiger partial charge is 0.311 e. The molecule has 0 aromatic heterocycles. The van der Waals surface area contributed by atoms with Crippen molar-refractivity contribution in [2.75, 3.05) is 18.8 Å². The minimum Gasteiger partial charge on any atom is -0.481 e. The number of hydrogen-bond acceptors (Lipinski definition) is 4. The zero-order chi connectivity index (χ0) is 15.5. The number of carbonyl (C=O) groups is 3. The normalized spacial score (nSPS) is 29.5. The van der Waals surface area contributed by atoms with Crippen LogP contribution in [-0.4, -0.2) is 52.0 Å². The molecule has 2 aliphatic rings. The summed E-state index contributed by atoms with van der Waals surface area (Å²) in [7, 11) is 0. The van der Waals surface area contributed by atoms with Crippen LogP contribution in [0.5, 0.6) is 0 Å². The topological polar surface area (TPSA) is 86.7 Å². The van der Waals surface area contributed by atoms with Gasteiger partial charge < -0.3 is 15.3 Å². The van der Waals surface area contributed by atoms with Gasteiger partial charge in [-0.25, -0.2) is 0 Å². The number of amides is 2. The lowest BCUT2D eigenvalue weighted by Gasteiger charge is -2.38. The lowest BCUT2D eigenvalue weighted by atomic mass is 9.71. The maximum atomic E-state index is 12.0. The van der Waals surface area contributed by atoms with Gasteiger partial charge in [0.2, 0.25) is 5.91 Å². The molecular weight excluding hydrogens is 292 g/mol. The Labute approximate surface area is 128 Å². The number of hydrogen-bond donors (Lipinski definition) is 2. The van der Waals surface area contributed by atoms with Crippen LogP contribution in [0.1, 0.15) is 39.0 Å². The van der Waals surface area contributed by atoms with Gasteiger partial charge in [0.05, 0.1) is 5.41 Å². The number of nitrogens with one attached hydrogen (secondary N) is 1. The fourth-order valence-corrected chi connectivity index (χ4v) is 3.80. The van der Waals surface area contributed by atoms with E-state index in [0.29, 0.717) is 25.9 Å². The zero-order valence-electron chi connectivity index (χ0n) is 12.3. The molecule has 118 valence electrons. The summed E-state index contributed by atoms with van der Waals surface area (Å²) in [6.07, 6.45) is 3.35. The molecule has 0 aromatic rings. The second-order valence-electron chi connectivity index (χ2n) is 5.94. The van der Waals surface area contributed by atoms with Crippen molar-refractivity contribution in [3.05, 3.63) is 0 Å². The first-order valence-corrected chi connectivity index (χ1v) is 8.36. The maximum absolute atomic E-state index is 12.0. The Balaban J connectivity index is 1.85. The third kappa shape index (κ3) is 3.70. The summed E-state index contributed by atoms with van der Waals surface area (Å²) in [4.78, 5) is 36.6. The monoisotopic (exact) mass is 314 g/mol. The number of thioether (sulfide) groups is 1. The average Bonchev–Trinajstić information content (AvgIpc) is 2.84. The van der Waals surface area contributed by atoms with Gasteiger partial charge in [0.15, 0.2) is 0 Å². The largest absolute Gasteiger partial charge is 0.481 e. The van der Waals surface area contributed by atoms with E-state index in [0.717, 1.165) is 18.6 Å². The fraction of sp³-hybridized carbons (Fsp3) is 0.786. The number of nitrogens with zero attached hydrogens (tertiary/aromatic N) is 1. The van der Waals surface area contributed by atoms with Crippen molar-refractivity contribution in [1.29, 1.82) is 0 Å². The van der Waals surface area contributed by atoms with Gasteiger partial charge in [0, 0.05) is 31.3 Å². The minimum absolute atomic E-state index is 0.0239. The number of rotatable bonds is 5. The molecule has 6 nitrogen and oxygen atoms in total. The van der Waals surface area contributed by atoms with Crippen LogP contribution in [0.4, 0.5) is 4.79 Å². The molecule has 0 bridgehead atoms. The van der Waals surface area contributed by atoms with Crippen molar-refractivity contribution < 1.29 is 19.5 Å². The molecule has 2 fully saturated rings. The lowest BCUT2D eigenvalue weighted by Crippen LogP contribution is -2.52. The van der Waals surface area contributed by atoms with E-state index in [1.165, 1.54) is 11.8 Å². The van der Waals surface area contributed by atoms with E-state index in [-0.39, 0.29) is 23.6 Å². The SMILES string of the molecule is CC1(C(=O)O)CCCCC1NC(=O)CCN1CCSC1=O. The van der Waals surface area contributed by atoms with Crippen LogP contribution >= 0.6 is 11.8 Å². The summed E-state index contributed by atoms with van der Waals surface area (Å²) < 4.78 is 0. The van der Waals surface area contributed by atoms with Crippen molar-refractivity contribution in [2.45, 2.75) is 45.1 Å². The van der Waals surface area contributed by atoms with Gasteiger partial charge in [-0.3, -0.25) is 14.4 Å². The molecular formula is C14H22N2O4S. The summed E-state index contributed by atoms with van der Waals surface area (Å²) in [6, 6.07) is -0.320. The van der Waals surface area contributed by atoms with Crippen LogP contribution in [0.15, 0.2) is 0 Å². The highest BCUT2D eigenvalue weighted by atomic mass is 32.2. The van der Waals surface area contributed by atoms with Gasteiger partial charge in [-0.15, -0.1) is 0 Å². The highest BCUT2D eigenvalue weighted by Crippen LogP contribution is 2.36. The minimum atomic E-state index is -0.882. The average molecular weight is 314 g/mol. The van der Waals surface area contributed by atoms with Crippen LogP contribution < -0.4 is 5.32 Å². The van der Waals surface area contributed by atoms with E-state index < -0.39 is 11.4 Å². The molecule has 0 aromatic carbocycles. The van der Waals surface area contributed by atoms with Gasteiger partial charge in [-0.1, -0.05) is 24.6 Å². The Morgan fingerprint density at radius 3 is 2.86 bits per heavy atom. The van der Waals surface area contributed by atoms with Gasteiger partial charge in [0.25, 0.3) is 5.24 Å². The van der Waals surface area contributed by atoms with Crippen LogP contribution in [0.2, 0.25) is 0 Å². The van der Waals surface area contributed by atoms with Crippen molar-refractivity contribution in [3.63, 3.8) is 0 Å². The molecule has 7 heteroatoms. The number of aliphatic carboxylic acids is 1. The summed E-state index contributed by atoms with van der Waals surface area (Å²) in [6.45, 7) is 2.81. The van der Waals surface area contributed by atoms with Crippen molar-refractivity contribution in [3.8, 4) is 0 Å². The second kappa shape index (κ2) is 6.68. The van der Waals surface area contributed by atoms with E-state index in [2.05, 4.69) is 5.32 Å². The second-order valence-corrected chi connectivity index (χ2v) is 6.99. The van der Waals surface area contributed by atoms with Gasteiger partial charge in [-0.2, -0.15) is 0 Å². The van der Waals surface area contributed by atoms with E-state index in [1.54, 1.807) is 11.8 Å². The molecule has 2 atom stereocenters. The molecule has 1 saturated carbocycles. The molecule has 2 amide bonds. The first-order chi connectivity index (χ1) is 9.93. The Morgan fingerprint density at radius 2 is 2.24 bits per heavy atom. The highest BCUT2D eigenvalue weighted by Gasteiger charge is 2.43. The Morgan fingerprint density at radius 1 is 1.48 bits per heavy atom. The molecule has 2 unspecified atom stereocenters. The molecule has 0 spiro atoms. The third-order valence-electron chi connectivity index (χ3n) is 4.49. The zero-order valence-corrected chi connectivity index (χ0v) is 13.1. The predicted octanol–water partition coefficient (Wildman–Crippen LogP) is 1.70. The summed E-state index contributed by atoms with van der Waals surface area (Å²) >= 11 is 1.27. The van der Waals surface area contributed by atoms with Crippen molar-refractivity contribution in [2.24, 2.45) is 5.41 Å². The number of carboxylic acid groups (broad SMARTS) is 1. The number of carboxylic acids is 1. The molecule has 1 heterocycles. The quantitative estimate of drug-likeness (QED) is 0.806. The maximum Gasteiger partial charge on any atom is 0.311 e. The third-order valence-corrected chi connectivity index (χ3v) is 5.38. The first kappa shape index (κ1) is 16.1. The van der Waals surface area contributed by atoms with E-state index in [1.807, 2.05) is 0 Å². The Kier molecular flexibility index (Phi) is 5.13. The lowest BCUT2D eigenvalue weighted by molar-refractivity contribution is -0.152. The molecule has 1 saturated heterocycles. The van der Waals surface area contributed by atoms with E-state index in [4.69, 9.17) is 0 Å². The van der Waals surface area contributed by atoms with Gasteiger partial charge in [-0.05, 0) is 19.8 Å². The first-order valence-electron chi connectivity index (χ1n) is 7.38. The molecule has 2 rings (SSSR count). The molecule has 1 aliphatic heterocycles. The predicted molar refractivity (Wildman–Crippen MR) is 80.2 cm³/mol. The standard InChI is InChI=1S/C14H22N2O4S/c1-14(12(18)19)6-3-2-4-10(14)15-11(17)5-7-16-8-9-21-13(16)20/h10H,2-9H2,1H3,(H,15,17)(H,18,19). The highest BCUT2D eigenvalue weighted by molar-refractivity contribution is 8.13. The van der Waals surface area contributed by atoms with E-state index in [9.17, 15) is 19.5 Å². The summed E-state index contributed by atoms with van der Waals surface area (Å²) in [5.74, 6) is -0.238. The van der Waals surface area contributed by atoms with Gasteiger partial charge >= 0.3 is 5.97 Å². The molecule has 1 aliphatic carbocycles. The van der Waals surface area contributed by atoms with Crippen LogP contribution in [-0.2, 0) is 9.59 Å². The summed E-state index contributed by atoms with van der Waals surface area (Å²) in [5, 5.41) is 12.3. The van der Waals surface area contributed by atoms with Gasteiger partial charge in [0.1, 0.15) is 0 Å². The number of carbonyl (C=O) groups excluding carboxylic acids is 2. The molecule has 21 heavy (non-hydrogen) atoms. The Hall–Kier alpha value is -1.24. The molecule has 0 radical (unpaired) electrons. The van der Waals surface area contributed by atoms with Crippen molar-refractivity contribution >= 4 is 28.9 Å². The van der Waals surface area contributed by atoms with Crippen LogP contribution in [0.25, 0.3) is 0 Å². The van der Waals surface area contributed by atoms with Crippen LogP contribution in [0.3, 0.4) is 0 Å². The van der Waals surface area contributed by atoms with E-state index >= 15 is 0 Å². The van der Waals surface area contributed by atoms with Crippen molar-refractivity contribution in [1.82, 2.24) is 10.2 Å².